The number of benzene rings is 1. The van der Waals surface area contributed by atoms with E-state index in [2.05, 4.69) is 6.92 Å². The summed E-state index contributed by atoms with van der Waals surface area (Å²) < 4.78 is 10.5. The molecule has 1 aliphatic carbocycles. The normalized spacial score (nSPS) is 23.1. The van der Waals surface area contributed by atoms with Gasteiger partial charge in [0.05, 0.1) is 19.8 Å². The minimum Gasteiger partial charge on any atom is -0.497 e. The zero-order chi connectivity index (χ0) is 11.9. The zero-order valence-electron chi connectivity index (χ0n) is 10.0. The summed E-state index contributed by atoms with van der Waals surface area (Å²) in [6.07, 6.45) is 0. The van der Waals surface area contributed by atoms with Crippen LogP contribution in [-0.2, 0) is 0 Å². The first kappa shape index (κ1) is 11.0. The predicted molar refractivity (Wildman–Crippen MR) is 61.5 cm³/mol. The van der Waals surface area contributed by atoms with Gasteiger partial charge in [0, 0.05) is 12.0 Å². The summed E-state index contributed by atoms with van der Waals surface area (Å²) in [6.45, 7) is 4.02. The topological polar surface area (TPSA) is 35.5 Å². The van der Waals surface area contributed by atoms with E-state index in [4.69, 9.17) is 9.47 Å². The van der Waals surface area contributed by atoms with Gasteiger partial charge in [0.15, 0.2) is 5.78 Å². The summed E-state index contributed by atoms with van der Waals surface area (Å²) in [4.78, 5) is 12.1. The number of fused-ring (bicyclic) bond motifs is 1. The van der Waals surface area contributed by atoms with E-state index in [-0.39, 0.29) is 17.6 Å². The lowest BCUT2D eigenvalue weighted by Gasteiger charge is -2.11. The molecule has 0 fully saturated rings. The second-order valence-corrected chi connectivity index (χ2v) is 4.24. The molecule has 1 aromatic rings. The van der Waals surface area contributed by atoms with E-state index < -0.39 is 0 Å². The van der Waals surface area contributed by atoms with Crippen LogP contribution in [0.4, 0.5) is 0 Å². The van der Waals surface area contributed by atoms with Crippen molar-refractivity contribution < 1.29 is 14.3 Å². The van der Waals surface area contributed by atoms with Crippen molar-refractivity contribution in [2.24, 2.45) is 5.92 Å². The predicted octanol–water partition coefficient (Wildman–Crippen LogP) is 2.64. The van der Waals surface area contributed by atoms with E-state index in [0.717, 1.165) is 16.9 Å². The van der Waals surface area contributed by atoms with Crippen molar-refractivity contribution >= 4 is 5.78 Å². The molecule has 2 atom stereocenters. The van der Waals surface area contributed by atoms with Crippen LogP contribution in [0.1, 0.15) is 35.7 Å². The van der Waals surface area contributed by atoms with Gasteiger partial charge in [-0.3, -0.25) is 4.79 Å². The average molecular weight is 220 g/mol. The first-order valence-corrected chi connectivity index (χ1v) is 5.40. The molecule has 0 aliphatic heterocycles. The van der Waals surface area contributed by atoms with E-state index in [9.17, 15) is 4.79 Å². The minimum atomic E-state index is 0.0241. The van der Waals surface area contributed by atoms with Gasteiger partial charge in [-0.2, -0.15) is 0 Å². The lowest BCUT2D eigenvalue weighted by molar-refractivity contribution is 0.0934. The Morgan fingerprint density at radius 2 is 1.75 bits per heavy atom. The number of hydrogen-bond acceptors (Lipinski definition) is 3. The van der Waals surface area contributed by atoms with Gasteiger partial charge in [0.25, 0.3) is 0 Å². The Balaban J connectivity index is 2.64. The highest BCUT2D eigenvalue weighted by Gasteiger charge is 2.36. The van der Waals surface area contributed by atoms with Gasteiger partial charge in [0.2, 0.25) is 0 Å². The van der Waals surface area contributed by atoms with E-state index >= 15 is 0 Å². The van der Waals surface area contributed by atoms with Gasteiger partial charge in [0.1, 0.15) is 11.5 Å². The van der Waals surface area contributed by atoms with Crippen LogP contribution < -0.4 is 9.47 Å². The van der Waals surface area contributed by atoms with Crippen molar-refractivity contribution in [3.8, 4) is 11.5 Å². The quantitative estimate of drug-likeness (QED) is 0.768. The van der Waals surface area contributed by atoms with Crippen LogP contribution in [0, 0.1) is 5.92 Å². The van der Waals surface area contributed by atoms with Crippen LogP contribution in [-0.4, -0.2) is 20.0 Å². The molecule has 0 spiro atoms. The van der Waals surface area contributed by atoms with Gasteiger partial charge >= 0.3 is 0 Å². The second kappa shape index (κ2) is 3.81. The SMILES string of the molecule is COc1cc(OC)c2c(c1)[C@H](C)[C@H](C)C2=O. The number of ether oxygens (including phenoxy) is 2. The summed E-state index contributed by atoms with van der Waals surface area (Å²) in [5, 5.41) is 0. The molecule has 0 radical (unpaired) electrons. The summed E-state index contributed by atoms with van der Waals surface area (Å²) >= 11 is 0. The molecule has 0 N–H and O–H groups in total. The Kier molecular flexibility index (Phi) is 2.62. The largest absolute Gasteiger partial charge is 0.497 e. The van der Waals surface area contributed by atoms with Gasteiger partial charge in [-0.25, -0.2) is 0 Å². The van der Waals surface area contributed by atoms with Crippen molar-refractivity contribution in [3.05, 3.63) is 23.3 Å². The Morgan fingerprint density at radius 1 is 1.06 bits per heavy atom. The zero-order valence-corrected chi connectivity index (χ0v) is 10.0. The lowest BCUT2D eigenvalue weighted by Crippen LogP contribution is -2.06. The number of carbonyl (C=O) groups is 1. The third kappa shape index (κ3) is 1.39. The molecule has 1 aliphatic rings. The van der Waals surface area contributed by atoms with Crippen LogP contribution in [0.5, 0.6) is 11.5 Å². The molecule has 0 aromatic heterocycles. The van der Waals surface area contributed by atoms with E-state index in [1.165, 1.54) is 0 Å². The second-order valence-electron chi connectivity index (χ2n) is 4.24. The molecule has 0 bridgehead atoms. The molecular weight excluding hydrogens is 204 g/mol. The fraction of sp³-hybridized carbons (Fsp3) is 0.462. The van der Waals surface area contributed by atoms with Crippen LogP contribution in [0.15, 0.2) is 12.1 Å². The van der Waals surface area contributed by atoms with E-state index in [1.54, 1.807) is 20.3 Å². The van der Waals surface area contributed by atoms with E-state index in [1.807, 2.05) is 13.0 Å². The van der Waals surface area contributed by atoms with Crippen LogP contribution in [0.3, 0.4) is 0 Å². The van der Waals surface area contributed by atoms with E-state index in [0.29, 0.717) is 5.75 Å². The van der Waals surface area contributed by atoms with Crippen LogP contribution >= 0.6 is 0 Å². The Morgan fingerprint density at radius 3 is 2.31 bits per heavy atom. The molecule has 2 rings (SSSR count). The molecule has 86 valence electrons. The van der Waals surface area contributed by atoms with Crippen molar-refractivity contribution in [3.63, 3.8) is 0 Å². The van der Waals surface area contributed by atoms with Gasteiger partial charge in [-0.05, 0) is 17.5 Å². The van der Waals surface area contributed by atoms with Gasteiger partial charge in [-0.15, -0.1) is 0 Å². The molecule has 3 nitrogen and oxygen atoms in total. The maximum atomic E-state index is 12.1. The van der Waals surface area contributed by atoms with Crippen LogP contribution in [0.25, 0.3) is 0 Å². The molecule has 3 heteroatoms. The highest BCUT2D eigenvalue weighted by molar-refractivity contribution is 6.05. The monoisotopic (exact) mass is 220 g/mol. The number of ketones is 1. The lowest BCUT2D eigenvalue weighted by atomic mass is 9.96. The number of hydrogen-bond donors (Lipinski definition) is 0. The molecule has 0 amide bonds. The van der Waals surface area contributed by atoms with Crippen molar-refractivity contribution in [1.82, 2.24) is 0 Å². The molecule has 16 heavy (non-hydrogen) atoms. The molecule has 0 saturated carbocycles. The highest BCUT2D eigenvalue weighted by atomic mass is 16.5. The number of rotatable bonds is 2. The van der Waals surface area contributed by atoms with Gasteiger partial charge in [-0.1, -0.05) is 13.8 Å². The molecule has 0 heterocycles. The fourth-order valence-corrected chi connectivity index (χ4v) is 2.24. The average Bonchev–Trinajstić information content (AvgIpc) is 2.53. The first-order valence-electron chi connectivity index (χ1n) is 5.40. The summed E-state index contributed by atoms with van der Waals surface area (Å²) in [7, 11) is 3.20. The smallest absolute Gasteiger partial charge is 0.170 e. The number of carbonyl (C=O) groups excluding carboxylic acids is 1. The Bertz CT molecular complexity index is 437. The highest BCUT2D eigenvalue weighted by Crippen LogP contribution is 2.43. The third-order valence-corrected chi connectivity index (χ3v) is 3.46. The molecular formula is C13H16O3. The van der Waals surface area contributed by atoms with Crippen molar-refractivity contribution in [1.29, 1.82) is 0 Å². The Labute approximate surface area is 95.4 Å². The Hall–Kier alpha value is -1.51. The third-order valence-electron chi connectivity index (χ3n) is 3.46. The van der Waals surface area contributed by atoms with Crippen molar-refractivity contribution in [2.45, 2.75) is 19.8 Å². The maximum absolute atomic E-state index is 12.1. The summed E-state index contributed by atoms with van der Waals surface area (Å²) in [5.41, 5.74) is 1.76. The fourth-order valence-electron chi connectivity index (χ4n) is 2.24. The minimum absolute atomic E-state index is 0.0241. The summed E-state index contributed by atoms with van der Waals surface area (Å²) in [6, 6.07) is 3.70. The molecule has 0 unspecified atom stereocenters. The molecule has 0 saturated heterocycles. The van der Waals surface area contributed by atoms with Crippen molar-refractivity contribution in [2.75, 3.05) is 14.2 Å². The number of Topliss-reactive ketones (excluding diaryl/α,β-unsaturated/α-hetero) is 1. The maximum Gasteiger partial charge on any atom is 0.170 e. The van der Waals surface area contributed by atoms with Gasteiger partial charge < -0.3 is 9.47 Å². The number of methoxy groups -OCH3 is 2. The summed E-state index contributed by atoms with van der Waals surface area (Å²) in [5.74, 6) is 1.78. The molecule has 1 aromatic carbocycles. The van der Waals surface area contributed by atoms with Crippen LogP contribution in [0.2, 0.25) is 0 Å². The standard InChI is InChI=1S/C13H16O3/c1-7-8(2)13(14)12-10(7)5-9(15-3)6-11(12)16-4/h5-8H,1-4H3/t7-,8+/m1/s1. The first-order chi connectivity index (χ1) is 7.60.